The lowest BCUT2D eigenvalue weighted by molar-refractivity contribution is -0.139. The number of benzene rings is 2. The summed E-state index contributed by atoms with van der Waals surface area (Å²) in [5.74, 6) is -0.531. The van der Waals surface area contributed by atoms with E-state index < -0.39 is 28.6 Å². The molecule has 0 fully saturated rings. The quantitative estimate of drug-likeness (QED) is 0.581. The Bertz CT molecular complexity index is 1260. The van der Waals surface area contributed by atoms with E-state index in [1.165, 1.54) is 34.1 Å². The van der Waals surface area contributed by atoms with Gasteiger partial charge in [0.1, 0.15) is 5.75 Å². The van der Waals surface area contributed by atoms with E-state index in [1.54, 1.807) is 11.0 Å². The molecule has 1 unspecified atom stereocenters. The number of carbonyl (C=O) groups excluding carboxylic acids is 1. The molecule has 5 rings (SSSR count). The zero-order chi connectivity index (χ0) is 24.7. The van der Waals surface area contributed by atoms with Crippen molar-refractivity contribution in [1.82, 2.24) is 14.5 Å². The molecular weight excluding hydrogens is 480 g/mol. The summed E-state index contributed by atoms with van der Waals surface area (Å²) in [7, 11) is -3.84. The van der Waals surface area contributed by atoms with E-state index in [2.05, 4.69) is 10.1 Å². The van der Waals surface area contributed by atoms with Crippen LogP contribution in [0.5, 0.6) is 5.75 Å². The molecule has 0 radical (unpaired) electrons. The second-order valence-electron chi connectivity index (χ2n) is 8.88. The standard InChI is InChI=1S/C24H25F2N3O5S/c25-24(26)34-20-3-5-21(6-4-20)35(32,33)29-13-18-11-28(12-19(18)14-29)23(31)22(30)16-2-1-15-7-8-27-10-17(15)9-16/h1-6,9,22,24,27,30H,7-8,10-14H2. The summed E-state index contributed by atoms with van der Waals surface area (Å²) in [5, 5.41) is 14.0. The van der Waals surface area contributed by atoms with Crippen LogP contribution in [0.15, 0.2) is 58.5 Å². The molecule has 35 heavy (non-hydrogen) atoms. The van der Waals surface area contributed by atoms with Crippen molar-refractivity contribution in [3.63, 3.8) is 0 Å². The highest BCUT2D eigenvalue weighted by Crippen LogP contribution is 2.32. The van der Waals surface area contributed by atoms with E-state index in [0.717, 1.165) is 29.7 Å². The predicted octanol–water partition coefficient (Wildman–Crippen LogP) is 1.81. The first kappa shape index (κ1) is 23.9. The molecule has 0 bridgehead atoms. The van der Waals surface area contributed by atoms with E-state index in [9.17, 15) is 27.1 Å². The third-order valence-electron chi connectivity index (χ3n) is 6.66. The zero-order valence-electron chi connectivity index (χ0n) is 18.8. The Balaban J connectivity index is 1.21. The summed E-state index contributed by atoms with van der Waals surface area (Å²) in [5.41, 5.74) is 4.51. The second-order valence-corrected chi connectivity index (χ2v) is 10.8. The lowest BCUT2D eigenvalue weighted by Crippen LogP contribution is -2.38. The van der Waals surface area contributed by atoms with Gasteiger partial charge in [-0.2, -0.15) is 13.1 Å². The fraction of sp³-hybridized carbons (Fsp3) is 0.375. The number of aliphatic hydroxyl groups excluding tert-OH is 1. The third kappa shape index (κ3) is 4.68. The lowest BCUT2D eigenvalue weighted by atomic mass is 9.96. The van der Waals surface area contributed by atoms with Gasteiger partial charge in [0.05, 0.1) is 4.90 Å². The molecule has 8 nitrogen and oxygen atoms in total. The van der Waals surface area contributed by atoms with Gasteiger partial charge in [-0.15, -0.1) is 0 Å². The Kier molecular flexibility index (Phi) is 6.34. The monoisotopic (exact) mass is 505 g/mol. The van der Waals surface area contributed by atoms with E-state index in [4.69, 9.17) is 0 Å². The molecule has 0 saturated carbocycles. The summed E-state index contributed by atoms with van der Waals surface area (Å²) in [6, 6.07) is 10.5. The number of fused-ring (bicyclic) bond motifs is 1. The first-order valence-electron chi connectivity index (χ1n) is 11.3. The van der Waals surface area contributed by atoms with Gasteiger partial charge in [0, 0.05) is 32.7 Å². The summed E-state index contributed by atoms with van der Waals surface area (Å²) in [4.78, 5) is 14.5. The number of sulfonamides is 1. The molecule has 0 spiro atoms. The van der Waals surface area contributed by atoms with Crippen molar-refractivity contribution in [2.45, 2.75) is 30.6 Å². The van der Waals surface area contributed by atoms with E-state index in [0.29, 0.717) is 12.1 Å². The number of aliphatic hydroxyl groups is 1. The molecule has 2 aromatic carbocycles. The van der Waals surface area contributed by atoms with Crippen LogP contribution in [-0.2, 0) is 27.8 Å². The van der Waals surface area contributed by atoms with Crippen LogP contribution in [0.2, 0.25) is 0 Å². The van der Waals surface area contributed by atoms with Gasteiger partial charge in [0.2, 0.25) is 10.0 Å². The first-order valence-corrected chi connectivity index (χ1v) is 12.7. The molecule has 1 amide bonds. The lowest BCUT2D eigenvalue weighted by Gasteiger charge is -2.25. The minimum absolute atomic E-state index is 0.0226. The SMILES string of the molecule is O=C(C(O)c1ccc2c(c1)CNCC2)N1CC2=C(C1)CN(S(=O)(=O)c1ccc(OC(F)F)cc1)C2. The maximum atomic E-state index is 13.0. The molecule has 0 aromatic heterocycles. The van der Waals surface area contributed by atoms with Crippen LogP contribution >= 0.6 is 0 Å². The minimum Gasteiger partial charge on any atom is -0.435 e. The second kappa shape index (κ2) is 9.30. The number of hydrogen-bond acceptors (Lipinski definition) is 6. The Morgan fingerprint density at radius 1 is 1.00 bits per heavy atom. The Morgan fingerprint density at radius 3 is 2.34 bits per heavy atom. The number of ether oxygens (including phenoxy) is 1. The van der Waals surface area contributed by atoms with Crippen molar-refractivity contribution in [2.75, 3.05) is 32.7 Å². The number of hydrogen-bond donors (Lipinski definition) is 2. The van der Waals surface area contributed by atoms with Crippen molar-refractivity contribution in [3.8, 4) is 5.75 Å². The van der Waals surface area contributed by atoms with Gasteiger partial charge in [-0.1, -0.05) is 18.2 Å². The minimum atomic E-state index is -3.84. The molecule has 2 aromatic rings. The number of amides is 1. The largest absolute Gasteiger partial charge is 0.435 e. The van der Waals surface area contributed by atoms with Crippen LogP contribution in [-0.4, -0.2) is 68.0 Å². The molecule has 3 aliphatic heterocycles. The van der Waals surface area contributed by atoms with Crippen LogP contribution in [0.4, 0.5) is 8.78 Å². The van der Waals surface area contributed by atoms with Crippen molar-refractivity contribution in [1.29, 1.82) is 0 Å². The number of carbonyl (C=O) groups is 1. The van der Waals surface area contributed by atoms with Gasteiger partial charge >= 0.3 is 6.61 Å². The van der Waals surface area contributed by atoms with Gasteiger partial charge in [0.15, 0.2) is 6.10 Å². The highest BCUT2D eigenvalue weighted by molar-refractivity contribution is 7.89. The summed E-state index contributed by atoms with van der Waals surface area (Å²) in [6.45, 7) is -0.596. The molecule has 3 heterocycles. The maximum Gasteiger partial charge on any atom is 0.387 e. The van der Waals surface area contributed by atoms with Gasteiger partial charge in [-0.05, 0) is 65.1 Å². The fourth-order valence-electron chi connectivity index (χ4n) is 4.80. The van der Waals surface area contributed by atoms with Gasteiger partial charge < -0.3 is 20.1 Å². The fourth-order valence-corrected chi connectivity index (χ4v) is 6.23. The first-order chi connectivity index (χ1) is 16.7. The van der Waals surface area contributed by atoms with Crippen LogP contribution in [0.1, 0.15) is 22.8 Å². The summed E-state index contributed by atoms with van der Waals surface area (Å²) >= 11 is 0. The van der Waals surface area contributed by atoms with E-state index >= 15 is 0 Å². The summed E-state index contributed by atoms with van der Waals surface area (Å²) < 4.78 is 56.3. The molecule has 186 valence electrons. The normalized spacial score (nSPS) is 19.1. The number of nitrogens with one attached hydrogen (secondary N) is 1. The summed E-state index contributed by atoms with van der Waals surface area (Å²) in [6.07, 6.45) is -0.369. The number of nitrogens with zero attached hydrogens (tertiary/aromatic N) is 2. The highest BCUT2D eigenvalue weighted by atomic mass is 32.2. The average Bonchev–Trinajstić information content (AvgIpc) is 3.43. The highest BCUT2D eigenvalue weighted by Gasteiger charge is 2.39. The molecule has 0 saturated heterocycles. The molecule has 1 atom stereocenters. The van der Waals surface area contributed by atoms with Gasteiger partial charge in [-0.25, -0.2) is 8.42 Å². The third-order valence-corrected chi connectivity index (χ3v) is 8.47. The Labute approximate surface area is 201 Å². The van der Waals surface area contributed by atoms with E-state index in [-0.39, 0.29) is 36.8 Å². The molecule has 0 aliphatic carbocycles. The number of alkyl halides is 2. The zero-order valence-corrected chi connectivity index (χ0v) is 19.6. The van der Waals surface area contributed by atoms with Gasteiger partial charge in [0.25, 0.3) is 5.91 Å². The molecule has 3 aliphatic rings. The van der Waals surface area contributed by atoms with Crippen molar-refractivity contribution < 1.29 is 31.8 Å². The molecule has 2 N–H and O–H groups in total. The Morgan fingerprint density at radius 2 is 1.69 bits per heavy atom. The van der Waals surface area contributed by atoms with Gasteiger partial charge in [-0.3, -0.25) is 4.79 Å². The number of rotatable bonds is 6. The van der Waals surface area contributed by atoms with Crippen LogP contribution in [0.25, 0.3) is 0 Å². The maximum absolute atomic E-state index is 13.0. The predicted molar refractivity (Wildman–Crippen MR) is 122 cm³/mol. The van der Waals surface area contributed by atoms with E-state index in [1.807, 2.05) is 12.1 Å². The average molecular weight is 506 g/mol. The topological polar surface area (TPSA) is 99.2 Å². The van der Waals surface area contributed by atoms with Crippen LogP contribution < -0.4 is 10.1 Å². The van der Waals surface area contributed by atoms with Crippen LogP contribution in [0, 0.1) is 0 Å². The Hall–Kier alpha value is -2.86. The molecule has 11 heteroatoms. The van der Waals surface area contributed by atoms with Crippen molar-refractivity contribution in [3.05, 3.63) is 70.3 Å². The van der Waals surface area contributed by atoms with Crippen LogP contribution in [0.3, 0.4) is 0 Å². The number of halogens is 2. The molecular formula is C24H25F2N3O5S. The van der Waals surface area contributed by atoms with Crippen molar-refractivity contribution >= 4 is 15.9 Å². The van der Waals surface area contributed by atoms with Crippen molar-refractivity contribution in [2.24, 2.45) is 0 Å². The smallest absolute Gasteiger partial charge is 0.387 e.